The lowest BCUT2D eigenvalue weighted by Crippen LogP contribution is -2.47. The number of carbonyl (C=O) groups is 1. The molecule has 0 bridgehead atoms. The fourth-order valence-corrected chi connectivity index (χ4v) is 4.53. The van der Waals surface area contributed by atoms with Crippen molar-refractivity contribution in [3.05, 3.63) is 75.5 Å². The monoisotopic (exact) mass is 451 g/mol. The Morgan fingerprint density at radius 1 is 1.31 bits per heavy atom. The lowest BCUT2D eigenvalue weighted by Gasteiger charge is -2.40. The summed E-state index contributed by atoms with van der Waals surface area (Å²) in [6, 6.07) is 5.03. The molecule has 10 heteroatoms. The Hall–Kier alpha value is -3.66. The molecule has 1 saturated heterocycles. The van der Waals surface area contributed by atoms with E-state index in [1.807, 2.05) is 23.2 Å². The molecule has 0 aliphatic carbocycles. The summed E-state index contributed by atoms with van der Waals surface area (Å²) < 4.78 is 16.4. The zero-order valence-electron chi connectivity index (χ0n) is 16.8. The third-order valence-electron chi connectivity index (χ3n) is 5.59. The highest BCUT2D eigenvalue weighted by molar-refractivity contribution is 7.12. The summed E-state index contributed by atoms with van der Waals surface area (Å²) in [5.74, 6) is -1.47. The minimum absolute atomic E-state index is 0.0880. The summed E-state index contributed by atoms with van der Waals surface area (Å²) in [6.45, 7) is 1.31. The van der Waals surface area contributed by atoms with Crippen molar-refractivity contribution < 1.29 is 14.3 Å². The maximum Gasteiger partial charge on any atom is 0.341 e. The van der Waals surface area contributed by atoms with Gasteiger partial charge in [0, 0.05) is 43.3 Å². The van der Waals surface area contributed by atoms with E-state index in [1.165, 1.54) is 27.7 Å². The Morgan fingerprint density at radius 3 is 2.84 bits per heavy atom. The lowest BCUT2D eigenvalue weighted by molar-refractivity contribution is 0.0695. The van der Waals surface area contributed by atoms with Gasteiger partial charge in [0.25, 0.3) is 0 Å². The highest BCUT2D eigenvalue weighted by Crippen LogP contribution is 2.30. The van der Waals surface area contributed by atoms with Crippen LogP contribution in [0.3, 0.4) is 0 Å². The number of fused-ring (bicyclic) bond motifs is 1. The van der Waals surface area contributed by atoms with Gasteiger partial charge in [-0.25, -0.2) is 19.2 Å². The fourth-order valence-electron chi connectivity index (χ4n) is 3.91. The van der Waals surface area contributed by atoms with Gasteiger partial charge < -0.3 is 10.0 Å². The smallest absolute Gasteiger partial charge is 0.341 e. The quantitative estimate of drug-likeness (QED) is 0.481. The topological polar surface area (TPSA) is 101 Å². The SMILES string of the molecule is O=C(O)c1cn(-c2nccs2)c2nc(N3CC(CCc4cccnc4)C3)c(F)cc2c1=O. The predicted octanol–water partition coefficient (Wildman–Crippen LogP) is 3.14. The van der Waals surface area contributed by atoms with E-state index in [-0.39, 0.29) is 16.9 Å². The first-order valence-electron chi connectivity index (χ1n) is 10.0. The van der Waals surface area contributed by atoms with Gasteiger partial charge in [0.1, 0.15) is 5.56 Å². The summed E-state index contributed by atoms with van der Waals surface area (Å²) in [7, 11) is 0. The number of rotatable bonds is 6. The van der Waals surface area contributed by atoms with Crippen molar-refractivity contribution in [1.29, 1.82) is 0 Å². The molecule has 1 fully saturated rings. The first-order chi connectivity index (χ1) is 15.5. The van der Waals surface area contributed by atoms with Gasteiger partial charge in [0.15, 0.2) is 22.4 Å². The second-order valence-corrected chi connectivity index (χ2v) is 8.57. The van der Waals surface area contributed by atoms with Crippen LogP contribution in [0.4, 0.5) is 10.2 Å². The third-order valence-corrected chi connectivity index (χ3v) is 6.36. The number of hydrogen-bond acceptors (Lipinski definition) is 7. The number of carboxylic acids is 1. The summed E-state index contributed by atoms with van der Waals surface area (Å²) in [5.41, 5.74) is 0.130. The molecule has 8 nitrogen and oxygen atoms in total. The number of aryl methyl sites for hydroxylation is 1. The molecule has 1 aliphatic heterocycles. The van der Waals surface area contributed by atoms with Crippen molar-refractivity contribution in [1.82, 2.24) is 19.5 Å². The van der Waals surface area contributed by atoms with Crippen molar-refractivity contribution in [2.45, 2.75) is 12.8 Å². The number of pyridine rings is 3. The molecular formula is C22H18FN5O3S. The summed E-state index contributed by atoms with van der Waals surface area (Å²) in [6.07, 6.45) is 8.23. The van der Waals surface area contributed by atoms with Gasteiger partial charge in [-0.1, -0.05) is 6.07 Å². The number of hydrogen-bond donors (Lipinski definition) is 1. The van der Waals surface area contributed by atoms with Gasteiger partial charge >= 0.3 is 5.97 Å². The van der Waals surface area contributed by atoms with Crippen LogP contribution in [-0.2, 0) is 6.42 Å². The second kappa shape index (κ2) is 8.12. The lowest BCUT2D eigenvalue weighted by atomic mass is 9.93. The number of anilines is 1. The van der Waals surface area contributed by atoms with Crippen LogP contribution in [0.25, 0.3) is 16.2 Å². The van der Waals surface area contributed by atoms with E-state index in [9.17, 15) is 19.1 Å². The zero-order valence-corrected chi connectivity index (χ0v) is 17.6. The van der Waals surface area contributed by atoms with Crippen LogP contribution in [0.15, 0.2) is 53.2 Å². The largest absolute Gasteiger partial charge is 0.477 e. The summed E-state index contributed by atoms with van der Waals surface area (Å²) in [5, 5.41) is 11.5. The van der Waals surface area contributed by atoms with E-state index in [4.69, 9.17) is 0 Å². The third kappa shape index (κ3) is 3.62. The van der Waals surface area contributed by atoms with Crippen molar-refractivity contribution >= 4 is 34.2 Å². The number of carboxylic acid groups (broad SMARTS) is 1. The zero-order chi connectivity index (χ0) is 22.2. The number of halogens is 1. The summed E-state index contributed by atoms with van der Waals surface area (Å²) >= 11 is 1.26. The first-order valence-corrected chi connectivity index (χ1v) is 10.9. The van der Waals surface area contributed by atoms with Gasteiger partial charge in [0.05, 0.1) is 5.39 Å². The Bertz CT molecular complexity index is 1350. The van der Waals surface area contributed by atoms with Gasteiger partial charge in [-0.2, -0.15) is 0 Å². The van der Waals surface area contributed by atoms with Crippen LogP contribution in [0, 0.1) is 11.7 Å². The van der Waals surface area contributed by atoms with E-state index >= 15 is 0 Å². The van der Waals surface area contributed by atoms with Crippen molar-refractivity contribution in [2.24, 2.45) is 5.92 Å². The first kappa shape index (κ1) is 20.3. The predicted molar refractivity (Wildman–Crippen MR) is 118 cm³/mol. The molecule has 5 heterocycles. The molecule has 0 unspecified atom stereocenters. The molecule has 0 spiro atoms. The van der Waals surface area contributed by atoms with E-state index in [0.717, 1.165) is 18.9 Å². The Morgan fingerprint density at radius 2 is 2.16 bits per heavy atom. The maximum atomic E-state index is 14.9. The Kier molecular flexibility index (Phi) is 5.14. The summed E-state index contributed by atoms with van der Waals surface area (Å²) in [4.78, 5) is 38.8. The molecule has 0 amide bonds. The molecule has 32 heavy (non-hydrogen) atoms. The van der Waals surface area contributed by atoms with Crippen molar-refractivity contribution in [2.75, 3.05) is 18.0 Å². The highest BCUT2D eigenvalue weighted by Gasteiger charge is 2.30. The number of aromatic nitrogens is 4. The van der Waals surface area contributed by atoms with E-state index in [0.29, 0.717) is 24.1 Å². The molecule has 1 aliphatic rings. The van der Waals surface area contributed by atoms with Gasteiger partial charge in [-0.15, -0.1) is 11.3 Å². The molecule has 162 valence electrons. The Labute approximate surface area is 185 Å². The van der Waals surface area contributed by atoms with Crippen molar-refractivity contribution in [3.8, 4) is 5.13 Å². The van der Waals surface area contributed by atoms with E-state index in [1.54, 1.807) is 17.8 Å². The molecule has 5 rings (SSSR count). The highest BCUT2D eigenvalue weighted by atomic mass is 32.1. The van der Waals surface area contributed by atoms with Crippen LogP contribution in [-0.4, -0.2) is 43.7 Å². The van der Waals surface area contributed by atoms with Crippen LogP contribution >= 0.6 is 11.3 Å². The molecule has 4 aromatic heterocycles. The average molecular weight is 451 g/mol. The maximum absolute atomic E-state index is 14.9. The Balaban J connectivity index is 1.46. The van der Waals surface area contributed by atoms with Crippen LogP contribution in [0.1, 0.15) is 22.3 Å². The van der Waals surface area contributed by atoms with E-state index < -0.39 is 22.8 Å². The molecular weight excluding hydrogens is 433 g/mol. The number of aromatic carboxylic acids is 1. The fraction of sp³-hybridized carbons (Fsp3) is 0.227. The molecule has 0 radical (unpaired) electrons. The molecule has 0 atom stereocenters. The van der Waals surface area contributed by atoms with Gasteiger partial charge in [-0.05, 0) is 36.5 Å². The van der Waals surface area contributed by atoms with Crippen molar-refractivity contribution in [3.63, 3.8) is 0 Å². The normalized spacial score (nSPS) is 14.0. The van der Waals surface area contributed by atoms with Crippen LogP contribution < -0.4 is 10.3 Å². The van der Waals surface area contributed by atoms with Gasteiger partial charge in [-0.3, -0.25) is 14.3 Å². The average Bonchev–Trinajstić information content (AvgIpc) is 3.29. The molecule has 1 N–H and O–H groups in total. The van der Waals surface area contributed by atoms with E-state index in [2.05, 4.69) is 15.0 Å². The second-order valence-electron chi connectivity index (χ2n) is 7.70. The minimum atomic E-state index is -1.38. The number of thiazole rings is 1. The molecule has 0 saturated carbocycles. The van der Waals surface area contributed by atoms with Gasteiger partial charge in [0.2, 0.25) is 5.43 Å². The molecule has 4 aromatic rings. The standard InChI is InChI=1S/C22H18FN5O3S/c23-17-8-15-18(29)16(21(30)31)12-28(22-25-6-7-32-22)19(15)26-20(17)27-10-14(11-27)4-3-13-2-1-5-24-9-13/h1-2,5-9,12,14H,3-4,10-11H2,(H,30,31). The molecule has 0 aromatic carbocycles. The van der Waals surface area contributed by atoms with Crippen LogP contribution in [0.2, 0.25) is 0 Å². The van der Waals surface area contributed by atoms with Crippen LogP contribution in [0.5, 0.6) is 0 Å². The minimum Gasteiger partial charge on any atom is -0.477 e. The number of nitrogens with zero attached hydrogens (tertiary/aromatic N) is 5.